The molecule has 0 aliphatic heterocycles. The second kappa shape index (κ2) is 11.9. The molecular weight excluding hydrogens is 478 g/mol. The lowest BCUT2D eigenvalue weighted by Crippen LogP contribution is -2.17. The molecule has 5 rings (SSSR count). The van der Waals surface area contributed by atoms with Crippen molar-refractivity contribution in [2.75, 3.05) is 32.6 Å². The van der Waals surface area contributed by atoms with Crippen molar-refractivity contribution in [3.63, 3.8) is 0 Å². The molecule has 0 fully saturated rings. The molecule has 0 saturated carbocycles. The van der Waals surface area contributed by atoms with Crippen LogP contribution in [-0.4, -0.2) is 31.7 Å². The number of benzene rings is 4. The van der Waals surface area contributed by atoms with Crippen molar-refractivity contribution in [1.29, 1.82) is 0 Å². The maximum absolute atomic E-state index is 5.28. The number of hydrogen-bond acceptors (Lipinski definition) is 6. The smallest absolute Gasteiger partial charge is 0.147 e. The first-order valence-corrected chi connectivity index (χ1v) is 13.2. The largest absolute Gasteiger partial charge is 0.497 e. The zero-order chi connectivity index (χ0) is 25.5. The number of anilines is 1. The molecule has 0 bridgehead atoms. The van der Waals surface area contributed by atoms with E-state index >= 15 is 0 Å². The minimum absolute atomic E-state index is 0.855. The van der Waals surface area contributed by atoms with Gasteiger partial charge in [-0.05, 0) is 88.7 Å². The molecule has 2 N–H and O–H groups in total. The van der Waals surface area contributed by atoms with Gasteiger partial charge < -0.3 is 20.1 Å². The molecule has 5 nitrogen and oxygen atoms in total. The molecule has 1 heterocycles. The topological polar surface area (TPSA) is 55.4 Å². The Kier molecular flexibility index (Phi) is 7.99. The van der Waals surface area contributed by atoms with Crippen LogP contribution >= 0.6 is 11.5 Å². The number of fused-ring (bicyclic) bond motifs is 1. The highest BCUT2D eigenvalue weighted by Gasteiger charge is 2.08. The molecule has 0 amide bonds. The van der Waals surface area contributed by atoms with E-state index in [2.05, 4.69) is 81.7 Å². The van der Waals surface area contributed by atoms with E-state index in [0.717, 1.165) is 43.4 Å². The molecule has 37 heavy (non-hydrogen) atoms. The maximum Gasteiger partial charge on any atom is 0.147 e. The Hall–Kier alpha value is -3.87. The molecule has 0 aliphatic rings. The molecule has 4 aromatic carbocycles. The van der Waals surface area contributed by atoms with E-state index in [9.17, 15) is 0 Å². The van der Waals surface area contributed by atoms with Gasteiger partial charge in [-0.2, -0.15) is 4.37 Å². The van der Waals surface area contributed by atoms with Crippen molar-refractivity contribution in [1.82, 2.24) is 9.69 Å². The fourth-order valence-electron chi connectivity index (χ4n) is 4.28. The van der Waals surface area contributed by atoms with Gasteiger partial charge in [-0.15, -0.1) is 0 Å². The number of nitrogens with zero attached hydrogens (tertiary/aromatic N) is 1. The lowest BCUT2D eigenvalue weighted by atomic mass is 10.0. The van der Waals surface area contributed by atoms with Crippen molar-refractivity contribution in [2.24, 2.45) is 0 Å². The van der Waals surface area contributed by atoms with Gasteiger partial charge in [0.25, 0.3) is 0 Å². The lowest BCUT2D eigenvalue weighted by Gasteiger charge is -2.08. The molecule has 0 aliphatic carbocycles. The first kappa shape index (κ1) is 24.8. The summed E-state index contributed by atoms with van der Waals surface area (Å²) in [4.78, 5) is 0. The number of nitrogens with one attached hydrogen (secondary N) is 2. The minimum atomic E-state index is 0.855. The molecule has 188 valence electrons. The molecule has 0 spiro atoms. The second-order valence-corrected chi connectivity index (χ2v) is 9.66. The van der Waals surface area contributed by atoms with Crippen LogP contribution in [0.25, 0.3) is 32.3 Å². The highest BCUT2D eigenvalue weighted by Crippen LogP contribution is 2.32. The van der Waals surface area contributed by atoms with Crippen molar-refractivity contribution in [2.45, 2.75) is 13.0 Å². The summed E-state index contributed by atoms with van der Waals surface area (Å²) in [6, 6.07) is 31.6. The molecule has 0 unspecified atom stereocenters. The molecule has 0 atom stereocenters. The van der Waals surface area contributed by atoms with Gasteiger partial charge in [0.2, 0.25) is 0 Å². The van der Waals surface area contributed by atoms with Gasteiger partial charge in [0.15, 0.2) is 0 Å². The zero-order valence-corrected chi connectivity index (χ0v) is 22.0. The molecule has 0 radical (unpaired) electrons. The summed E-state index contributed by atoms with van der Waals surface area (Å²) in [6.45, 7) is 2.66. The Morgan fingerprint density at radius 3 is 1.86 bits per heavy atom. The van der Waals surface area contributed by atoms with E-state index in [1.54, 1.807) is 14.2 Å². The number of methoxy groups -OCH3 is 2. The van der Waals surface area contributed by atoms with E-state index in [4.69, 9.17) is 9.47 Å². The number of rotatable bonds is 11. The van der Waals surface area contributed by atoms with Crippen LogP contribution in [0.15, 0.2) is 91.0 Å². The third-order valence-electron chi connectivity index (χ3n) is 6.42. The first-order chi connectivity index (χ1) is 18.2. The van der Waals surface area contributed by atoms with Gasteiger partial charge in [-0.3, -0.25) is 0 Å². The van der Waals surface area contributed by atoms with Gasteiger partial charge in [-0.1, -0.05) is 54.6 Å². The summed E-state index contributed by atoms with van der Waals surface area (Å²) in [5, 5.41) is 8.25. The third-order valence-corrected chi connectivity index (χ3v) is 7.25. The summed E-state index contributed by atoms with van der Waals surface area (Å²) in [7, 11) is 3.38. The molecule has 1 aromatic heterocycles. The Bertz CT molecular complexity index is 1430. The molecule has 0 saturated heterocycles. The van der Waals surface area contributed by atoms with Gasteiger partial charge in [0, 0.05) is 18.5 Å². The van der Waals surface area contributed by atoms with E-state index in [0.29, 0.717) is 0 Å². The Morgan fingerprint density at radius 1 is 0.676 bits per heavy atom. The highest BCUT2D eigenvalue weighted by atomic mass is 32.1. The lowest BCUT2D eigenvalue weighted by molar-refractivity contribution is 0.415. The van der Waals surface area contributed by atoms with Crippen molar-refractivity contribution in [3.8, 4) is 33.8 Å². The second-order valence-electron chi connectivity index (χ2n) is 8.85. The minimum Gasteiger partial charge on any atom is -0.497 e. The SMILES string of the molecule is COc1ccc(-c2ccc(CNCCCNc3nsc4ccc(-c5ccc(OC)cc5)cc34)cc2)cc1. The average Bonchev–Trinajstić information content (AvgIpc) is 3.37. The average molecular weight is 510 g/mol. The Morgan fingerprint density at radius 2 is 1.24 bits per heavy atom. The van der Waals surface area contributed by atoms with E-state index < -0.39 is 0 Å². The number of ether oxygens (including phenoxy) is 2. The van der Waals surface area contributed by atoms with Gasteiger partial charge >= 0.3 is 0 Å². The zero-order valence-electron chi connectivity index (χ0n) is 21.2. The van der Waals surface area contributed by atoms with Gasteiger partial charge in [0.1, 0.15) is 17.3 Å². The van der Waals surface area contributed by atoms with Crippen LogP contribution in [0.2, 0.25) is 0 Å². The number of hydrogen-bond donors (Lipinski definition) is 2. The van der Waals surface area contributed by atoms with Crippen LogP contribution < -0.4 is 20.1 Å². The van der Waals surface area contributed by atoms with Crippen LogP contribution in [0.3, 0.4) is 0 Å². The van der Waals surface area contributed by atoms with Crippen molar-refractivity contribution >= 4 is 27.4 Å². The quantitative estimate of drug-likeness (QED) is 0.184. The maximum atomic E-state index is 5.28. The standard InChI is InChI=1S/C31H31N3O2S/c1-35-27-13-8-24(9-14-27)23-6-4-22(5-7-23)21-32-18-3-19-33-31-29-20-26(12-17-30(29)37-34-31)25-10-15-28(36-2)16-11-25/h4-17,20,32H,3,18-19,21H2,1-2H3,(H,33,34). The first-order valence-electron chi connectivity index (χ1n) is 12.5. The van der Waals surface area contributed by atoms with Crippen molar-refractivity contribution in [3.05, 3.63) is 96.6 Å². The van der Waals surface area contributed by atoms with Gasteiger partial charge in [0.05, 0.1) is 18.9 Å². The number of aromatic nitrogens is 1. The normalized spacial score (nSPS) is 11.0. The highest BCUT2D eigenvalue weighted by molar-refractivity contribution is 7.13. The van der Waals surface area contributed by atoms with Crippen LogP contribution in [0.4, 0.5) is 5.82 Å². The summed E-state index contributed by atoms with van der Waals surface area (Å²) in [5.74, 6) is 2.70. The summed E-state index contributed by atoms with van der Waals surface area (Å²) in [5.41, 5.74) is 6.03. The fraction of sp³-hybridized carbons (Fsp3) is 0.194. The summed E-state index contributed by atoms with van der Waals surface area (Å²) >= 11 is 1.54. The van der Waals surface area contributed by atoms with Crippen LogP contribution in [-0.2, 0) is 6.54 Å². The predicted molar refractivity (Wildman–Crippen MR) is 155 cm³/mol. The molecular formula is C31H31N3O2S. The summed E-state index contributed by atoms with van der Waals surface area (Å²) in [6.07, 6.45) is 1.02. The fourth-order valence-corrected chi connectivity index (χ4v) is 5.02. The van der Waals surface area contributed by atoms with Crippen LogP contribution in [0.1, 0.15) is 12.0 Å². The van der Waals surface area contributed by atoms with Crippen LogP contribution in [0.5, 0.6) is 11.5 Å². The summed E-state index contributed by atoms with van der Waals surface area (Å²) < 4.78 is 16.4. The molecule has 5 aromatic rings. The molecule has 6 heteroatoms. The Labute approximate surface area is 222 Å². The van der Waals surface area contributed by atoms with Gasteiger partial charge in [-0.25, -0.2) is 0 Å². The predicted octanol–water partition coefficient (Wildman–Crippen LogP) is 7.24. The van der Waals surface area contributed by atoms with E-state index in [1.165, 1.54) is 49.4 Å². The van der Waals surface area contributed by atoms with E-state index in [-0.39, 0.29) is 0 Å². The third kappa shape index (κ3) is 6.10. The monoisotopic (exact) mass is 509 g/mol. The van der Waals surface area contributed by atoms with Crippen molar-refractivity contribution < 1.29 is 9.47 Å². The van der Waals surface area contributed by atoms with Crippen LogP contribution in [0, 0.1) is 0 Å². The van der Waals surface area contributed by atoms with E-state index in [1.807, 2.05) is 24.3 Å². The Balaban J connectivity index is 1.09.